The molecule has 0 spiro atoms. The number of hydrogen-bond donors (Lipinski definition) is 1. The molecule has 1 aromatic rings. The largest absolute Gasteiger partial charge is 0.330 e. The summed E-state index contributed by atoms with van der Waals surface area (Å²) in [6.07, 6.45) is 1.03. The number of nitrogens with zero attached hydrogens (tertiary/aromatic N) is 1. The SMILES string of the molecule is Cc1ccc(C(N(C)C)C(C)(C)CCN)cc1C. The van der Waals surface area contributed by atoms with Crippen LogP contribution >= 0.6 is 0 Å². The molecule has 0 aliphatic carbocycles. The molecule has 0 radical (unpaired) electrons. The predicted molar refractivity (Wildman–Crippen MR) is 79.8 cm³/mol. The minimum atomic E-state index is 0.181. The highest BCUT2D eigenvalue weighted by Crippen LogP contribution is 2.39. The van der Waals surface area contributed by atoms with E-state index in [9.17, 15) is 0 Å². The third-order valence-corrected chi connectivity index (χ3v) is 3.89. The topological polar surface area (TPSA) is 29.3 Å². The Morgan fingerprint density at radius 3 is 2.22 bits per heavy atom. The van der Waals surface area contributed by atoms with Crippen molar-refractivity contribution in [2.24, 2.45) is 11.1 Å². The van der Waals surface area contributed by atoms with E-state index in [-0.39, 0.29) is 5.41 Å². The normalized spacial score (nSPS) is 14.0. The van der Waals surface area contributed by atoms with Crippen LogP contribution in [0.2, 0.25) is 0 Å². The summed E-state index contributed by atoms with van der Waals surface area (Å²) in [5.74, 6) is 0. The van der Waals surface area contributed by atoms with Crippen LogP contribution in [0.15, 0.2) is 18.2 Å². The molecule has 0 amide bonds. The van der Waals surface area contributed by atoms with Crippen LogP contribution in [-0.4, -0.2) is 25.5 Å². The number of rotatable bonds is 5. The van der Waals surface area contributed by atoms with Gasteiger partial charge in [-0.3, -0.25) is 0 Å². The van der Waals surface area contributed by atoms with Crippen LogP contribution in [0.4, 0.5) is 0 Å². The Hall–Kier alpha value is -0.860. The molecule has 1 rings (SSSR count). The van der Waals surface area contributed by atoms with Crippen LogP contribution in [0.25, 0.3) is 0 Å². The van der Waals surface area contributed by atoms with Crippen molar-refractivity contribution in [3.8, 4) is 0 Å². The zero-order chi connectivity index (χ0) is 13.9. The second-order valence-corrected chi connectivity index (χ2v) is 6.24. The van der Waals surface area contributed by atoms with E-state index in [2.05, 4.69) is 64.9 Å². The molecule has 0 aliphatic rings. The Balaban J connectivity index is 3.16. The number of aryl methyl sites for hydroxylation is 2. The van der Waals surface area contributed by atoms with E-state index in [0.29, 0.717) is 6.04 Å². The summed E-state index contributed by atoms with van der Waals surface area (Å²) in [6.45, 7) is 9.69. The van der Waals surface area contributed by atoms with Crippen molar-refractivity contribution in [2.75, 3.05) is 20.6 Å². The summed E-state index contributed by atoms with van der Waals surface area (Å²) in [4.78, 5) is 2.31. The molecular weight excluding hydrogens is 220 g/mol. The monoisotopic (exact) mass is 248 g/mol. The van der Waals surface area contributed by atoms with E-state index in [4.69, 9.17) is 5.73 Å². The summed E-state index contributed by atoms with van der Waals surface area (Å²) >= 11 is 0. The van der Waals surface area contributed by atoms with Gasteiger partial charge in [-0.15, -0.1) is 0 Å². The molecule has 18 heavy (non-hydrogen) atoms. The quantitative estimate of drug-likeness (QED) is 0.866. The highest BCUT2D eigenvalue weighted by atomic mass is 15.1. The van der Waals surface area contributed by atoms with Gasteiger partial charge in [0.15, 0.2) is 0 Å². The van der Waals surface area contributed by atoms with Gasteiger partial charge < -0.3 is 10.6 Å². The molecule has 0 bridgehead atoms. The Bertz CT molecular complexity index is 394. The molecule has 2 nitrogen and oxygen atoms in total. The Kier molecular flexibility index (Phi) is 4.94. The van der Waals surface area contributed by atoms with Gasteiger partial charge in [0.2, 0.25) is 0 Å². The molecule has 0 fully saturated rings. The first kappa shape index (κ1) is 15.2. The third kappa shape index (κ3) is 3.33. The Morgan fingerprint density at radius 2 is 1.78 bits per heavy atom. The fraction of sp³-hybridized carbons (Fsp3) is 0.625. The maximum Gasteiger partial charge on any atom is 0.0393 e. The molecular formula is C16H28N2. The van der Waals surface area contributed by atoms with Gasteiger partial charge >= 0.3 is 0 Å². The van der Waals surface area contributed by atoms with Gasteiger partial charge in [0.25, 0.3) is 0 Å². The van der Waals surface area contributed by atoms with E-state index in [0.717, 1.165) is 13.0 Å². The van der Waals surface area contributed by atoms with E-state index < -0.39 is 0 Å². The molecule has 102 valence electrons. The fourth-order valence-corrected chi connectivity index (χ4v) is 2.89. The van der Waals surface area contributed by atoms with Gasteiger partial charge in [0, 0.05) is 6.04 Å². The minimum absolute atomic E-state index is 0.181. The van der Waals surface area contributed by atoms with Crippen molar-refractivity contribution in [3.63, 3.8) is 0 Å². The first-order valence-corrected chi connectivity index (χ1v) is 6.73. The molecule has 0 aliphatic heterocycles. The van der Waals surface area contributed by atoms with Gasteiger partial charge in [0.1, 0.15) is 0 Å². The van der Waals surface area contributed by atoms with Gasteiger partial charge in [-0.25, -0.2) is 0 Å². The zero-order valence-electron chi connectivity index (χ0n) is 12.7. The first-order valence-electron chi connectivity index (χ1n) is 6.73. The molecule has 1 atom stereocenters. The summed E-state index contributed by atoms with van der Waals surface area (Å²) in [7, 11) is 4.30. The summed E-state index contributed by atoms with van der Waals surface area (Å²) in [5, 5.41) is 0. The van der Waals surface area contributed by atoms with Crippen LogP contribution in [0.1, 0.15) is 43.0 Å². The number of nitrogens with two attached hydrogens (primary N) is 1. The third-order valence-electron chi connectivity index (χ3n) is 3.89. The average molecular weight is 248 g/mol. The summed E-state index contributed by atoms with van der Waals surface area (Å²) < 4.78 is 0. The molecule has 0 aromatic heterocycles. The number of hydrogen-bond acceptors (Lipinski definition) is 2. The standard InChI is InChI=1S/C16H28N2/c1-12-7-8-14(11-13(12)2)15(18(5)6)16(3,4)9-10-17/h7-8,11,15H,9-10,17H2,1-6H3. The van der Waals surface area contributed by atoms with Gasteiger partial charge in [0.05, 0.1) is 0 Å². The van der Waals surface area contributed by atoms with Crippen molar-refractivity contribution in [3.05, 3.63) is 34.9 Å². The molecule has 2 N–H and O–H groups in total. The van der Waals surface area contributed by atoms with Gasteiger partial charge in [-0.1, -0.05) is 32.0 Å². The number of benzene rings is 1. The Labute approximate surface area is 112 Å². The smallest absolute Gasteiger partial charge is 0.0393 e. The molecule has 0 saturated heterocycles. The Morgan fingerprint density at radius 1 is 1.17 bits per heavy atom. The van der Waals surface area contributed by atoms with E-state index in [1.165, 1.54) is 16.7 Å². The maximum absolute atomic E-state index is 5.77. The second kappa shape index (κ2) is 5.85. The van der Waals surface area contributed by atoms with Crippen molar-refractivity contribution >= 4 is 0 Å². The minimum Gasteiger partial charge on any atom is -0.330 e. The van der Waals surface area contributed by atoms with Crippen molar-refractivity contribution in [2.45, 2.75) is 40.2 Å². The average Bonchev–Trinajstić information content (AvgIpc) is 2.22. The van der Waals surface area contributed by atoms with E-state index >= 15 is 0 Å². The van der Waals surface area contributed by atoms with Crippen LogP contribution < -0.4 is 5.73 Å². The lowest BCUT2D eigenvalue weighted by molar-refractivity contribution is 0.128. The molecule has 0 heterocycles. The first-order chi connectivity index (χ1) is 8.29. The van der Waals surface area contributed by atoms with Crippen molar-refractivity contribution < 1.29 is 0 Å². The summed E-state index contributed by atoms with van der Waals surface area (Å²) in [5.41, 5.74) is 10.1. The van der Waals surface area contributed by atoms with Crippen LogP contribution in [-0.2, 0) is 0 Å². The van der Waals surface area contributed by atoms with Gasteiger partial charge in [-0.05, 0) is 63.0 Å². The van der Waals surface area contributed by atoms with Gasteiger partial charge in [-0.2, -0.15) is 0 Å². The molecule has 1 aromatic carbocycles. The summed E-state index contributed by atoms with van der Waals surface area (Å²) in [6, 6.07) is 7.20. The lowest BCUT2D eigenvalue weighted by Gasteiger charge is -2.39. The van der Waals surface area contributed by atoms with E-state index in [1.807, 2.05) is 0 Å². The van der Waals surface area contributed by atoms with Crippen LogP contribution in [0.5, 0.6) is 0 Å². The highest BCUT2D eigenvalue weighted by molar-refractivity contribution is 5.32. The van der Waals surface area contributed by atoms with Crippen molar-refractivity contribution in [1.29, 1.82) is 0 Å². The second-order valence-electron chi connectivity index (χ2n) is 6.24. The fourth-order valence-electron chi connectivity index (χ4n) is 2.89. The van der Waals surface area contributed by atoms with Crippen LogP contribution in [0, 0.1) is 19.3 Å². The molecule has 1 unspecified atom stereocenters. The van der Waals surface area contributed by atoms with Crippen LogP contribution in [0.3, 0.4) is 0 Å². The molecule has 2 heteroatoms. The molecule has 0 saturated carbocycles. The zero-order valence-corrected chi connectivity index (χ0v) is 12.7. The van der Waals surface area contributed by atoms with Crippen molar-refractivity contribution in [1.82, 2.24) is 4.90 Å². The maximum atomic E-state index is 5.77. The highest BCUT2D eigenvalue weighted by Gasteiger charge is 2.31. The van der Waals surface area contributed by atoms with E-state index in [1.54, 1.807) is 0 Å². The predicted octanol–water partition coefficient (Wildman–Crippen LogP) is 3.28. The lowest BCUT2D eigenvalue weighted by Crippen LogP contribution is -2.35. The lowest BCUT2D eigenvalue weighted by atomic mass is 9.76.